The van der Waals surface area contributed by atoms with Gasteiger partial charge in [0.05, 0.1) is 17.4 Å². The van der Waals surface area contributed by atoms with Crippen molar-refractivity contribution in [2.45, 2.75) is 13.8 Å². The molecule has 3 rings (SSSR count). The molecule has 3 heterocycles. The molecule has 0 spiro atoms. The SMILES string of the molecule is Cc1nc2ccc(C)c3ncc1n23. The lowest BCUT2D eigenvalue weighted by Gasteiger charge is -1.95. The topological polar surface area (TPSA) is 30.2 Å². The van der Waals surface area contributed by atoms with Crippen LogP contribution in [0.3, 0.4) is 0 Å². The Bertz CT molecular complexity index is 580. The molecule has 0 saturated heterocycles. The minimum atomic E-state index is 0.991. The van der Waals surface area contributed by atoms with Crippen molar-refractivity contribution in [1.29, 1.82) is 0 Å². The maximum absolute atomic E-state index is 4.44. The van der Waals surface area contributed by atoms with Crippen LogP contribution in [0.25, 0.3) is 16.8 Å². The van der Waals surface area contributed by atoms with Crippen LogP contribution in [0.5, 0.6) is 0 Å². The number of imidazole rings is 2. The van der Waals surface area contributed by atoms with Gasteiger partial charge in [-0.15, -0.1) is 0 Å². The van der Waals surface area contributed by atoms with E-state index in [4.69, 9.17) is 0 Å². The molecule has 0 saturated carbocycles. The summed E-state index contributed by atoms with van der Waals surface area (Å²) in [5.41, 5.74) is 5.38. The molecule has 0 fully saturated rings. The van der Waals surface area contributed by atoms with Gasteiger partial charge in [-0.25, -0.2) is 9.97 Å². The smallest absolute Gasteiger partial charge is 0.141 e. The first kappa shape index (κ1) is 6.83. The van der Waals surface area contributed by atoms with Crippen molar-refractivity contribution >= 4 is 16.8 Å². The van der Waals surface area contributed by atoms with Gasteiger partial charge in [0.2, 0.25) is 0 Å². The summed E-state index contributed by atoms with van der Waals surface area (Å²) in [6.45, 7) is 4.08. The van der Waals surface area contributed by atoms with Crippen molar-refractivity contribution in [2.24, 2.45) is 0 Å². The van der Waals surface area contributed by atoms with E-state index in [0.29, 0.717) is 0 Å². The molecule has 0 amide bonds. The third-order valence-corrected chi connectivity index (χ3v) is 2.48. The van der Waals surface area contributed by atoms with Gasteiger partial charge in [0.25, 0.3) is 0 Å². The first-order valence-electron chi connectivity index (χ1n) is 4.30. The zero-order valence-corrected chi connectivity index (χ0v) is 7.57. The van der Waals surface area contributed by atoms with Crippen molar-refractivity contribution < 1.29 is 0 Å². The number of hydrogen-bond donors (Lipinski definition) is 0. The van der Waals surface area contributed by atoms with Gasteiger partial charge >= 0.3 is 0 Å². The molecule has 13 heavy (non-hydrogen) atoms. The summed E-state index contributed by atoms with van der Waals surface area (Å²) in [5.74, 6) is 0. The second-order valence-electron chi connectivity index (χ2n) is 3.37. The van der Waals surface area contributed by atoms with Crippen molar-refractivity contribution in [3.8, 4) is 0 Å². The molecule has 0 aliphatic carbocycles. The van der Waals surface area contributed by atoms with Gasteiger partial charge < -0.3 is 0 Å². The summed E-state index contributed by atoms with van der Waals surface area (Å²) in [7, 11) is 0. The van der Waals surface area contributed by atoms with Crippen LogP contribution in [-0.4, -0.2) is 14.4 Å². The Hall–Kier alpha value is -1.64. The molecule has 3 nitrogen and oxygen atoms in total. The summed E-state index contributed by atoms with van der Waals surface area (Å²) in [4.78, 5) is 8.80. The molecule has 64 valence electrons. The van der Waals surface area contributed by atoms with Gasteiger partial charge in [-0.2, -0.15) is 0 Å². The van der Waals surface area contributed by atoms with E-state index in [2.05, 4.69) is 27.4 Å². The Morgan fingerprint density at radius 2 is 2.08 bits per heavy atom. The summed E-state index contributed by atoms with van der Waals surface area (Å²) < 4.78 is 2.10. The van der Waals surface area contributed by atoms with Crippen LogP contribution in [0.1, 0.15) is 11.3 Å². The highest BCUT2D eigenvalue weighted by Crippen LogP contribution is 2.20. The highest BCUT2D eigenvalue weighted by atomic mass is 15.1. The number of pyridine rings is 1. The van der Waals surface area contributed by atoms with Crippen molar-refractivity contribution in [3.63, 3.8) is 0 Å². The normalized spacial score (nSPS) is 11.8. The summed E-state index contributed by atoms with van der Waals surface area (Å²) in [6, 6.07) is 4.09. The molecule has 0 aliphatic heterocycles. The van der Waals surface area contributed by atoms with Crippen LogP contribution in [0.15, 0.2) is 18.3 Å². The minimum Gasteiger partial charge on any atom is -0.275 e. The first-order chi connectivity index (χ1) is 6.27. The van der Waals surface area contributed by atoms with E-state index in [9.17, 15) is 0 Å². The van der Waals surface area contributed by atoms with Crippen LogP contribution in [0.2, 0.25) is 0 Å². The average Bonchev–Trinajstić information content (AvgIpc) is 2.64. The molecule has 0 bridgehead atoms. The number of aromatic nitrogens is 3. The molecule has 0 unspecified atom stereocenters. The molecule has 3 aromatic heterocycles. The van der Waals surface area contributed by atoms with Crippen LogP contribution >= 0.6 is 0 Å². The highest BCUT2D eigenvalue weighted by molar-refractivity contribution is 5.71. The van der Waals surface area contributed by atoms with Crippen molar-refractivity contribution in [1.82, 2.24) is 14.4 Å². The molecule has 0 atom stereocenters. The van der Waals surface area contributed by atoms with Crippen LogP contribution in [-0.2, 0) is 0 Å². The number of hydrogen-bond acceptors (Lipinski definition) is 2. The molecule has 3 heteroatoms. The molecule has 0 N–H and O–H groups in total. The molecule has 0 aromatic carbocycles. The molecule has 0 radical (unpaired) electrons. The largest absolute Gasteiger partial charge is 0.275 e. The van der Waals surface area contributed by atoms with E-state index in [-0.39, 0.29) is 0 Å². The van der Waals surface area contributed by atoms with Crippen molar-refractivity contribution in [2.75, 3.05) is 0 Å². The number of rotatable bonds is 0. The zero-order valence-electron chi connectivity index (χ0n) is 7.57. The van der Waals surface area contributed by atoms with E-state index < -0.39 is 0 Å². The zero-order chi connectivity index (χ0) is 9.00. The Morgan fingerprint density at radius 1 is 1.23 bits per heavy atom. The van der Waals surface area contributed by atoms with Gasteiger partial charge in [0, 0.05) is 0 Å². The van der Waals surface area contributed by atoms with Gasteiger partial charge in [-0.1, -0.05) is 6.07 Å². The third kappa shape index (κ3) is 0.691. The van der Waals surface area contributed by atoms with Gasteiger partial charge in [-0.3, -0.25) is 4.40 Å². The predicted molar refractivity (Wildman–Crippen MR) is 51.2 cm³/mol. The van der Waals surface area contributed by atoms with E-state index in [0.717, 1.165) is 22.5 Å². The quantitative estimate of drug-likeness (QED) is 0.517. The standard InChI is InChI=1S/C10H9N3/c1-6-3-4-9-12-7(2)8-5-11-10(6)13(8)9/h3-5H,1-2H3. The highest BCUT2D eigenvalue weighted by Gasteiger charge is 2.10. The van der Waals surface area contributed by atoms with E-state index in [1.807, 2.05) is 19.2 Å². The van der Waals surface area contributed by atoms with E-state index >= 15 is 0 Å². The van der Waals surface area contributed by atoms with Crippen LogP contribution in [0.4, 0.5) is 0 Å². The lowest BCUT2D eigenvalue weighted by molar-refractivity contribution is 1.22. The second-order valence-corrected chi connectivity index (χ2v) is 3.37. The summed E-state index contributed by atoms with van der Waals surface area (Å²) in [6.07, 6.45) is 1.89. The monoisotopic (exact) mass is 171 g/mol. The Labute approximate surface area is 75.4 Å². The van der Waals surface area contributed by atoms with Crippen molar-refractivity contribution in [3.05, 3.63) is 29.6 Å². The van der Waals surface area contributed by atoms with Gasteiger partial charge in [0.15, 0.2) is 0 Å². The minimum absolute atomic E-state index is 0.991. The lowest BCUT2D eigenvalue weighted by Crippen LogP contribution is -1.86. The fourth-order valence-corrected chi connectivity index (χ4v) is 1.78. The fraction of sp³-hybridized carbons (Fsp3) is 0.200. The summed E-state index contributed by atoms with van der Waals surface area (Å²) in [5, 5.41) is 0. The van der Waals surface area contributed by atoms with Crippen LogP contribution < -0.4 is 0 Å². The Balaban J connectivity index is 2.73. The fourth-order valence-electron chi connectivity index (χ4n) is 1.78. The molecular weight excluding hydrogens is 162 g/mol. The predicted octanol–water partition coefficient (Wildman–Crippen LogP) is 1.94. The first-order valence-corrected chi connectivity index (χ1v) is 4.30. The van der Waals surface area contributed by atoms with E-state index in [1.165, 1.54) is 5.56 Å². The summed E-state index contributed by atoms with van der Waals surface area (Å²) >= 11 is 0. The average molecular weight is 171 g/mol. The number of aryl methyl sites for hydroxylation is 2. The molecule has 3 aromatic rings. The maximum atomic E-state index is 4.44. The number of nitrogens with zero attached hydrogens (tertiary/aromatic N) is 3. The van der Waals surface area contributed by atoms with Gasteiger partial charge in [0.1, 0.15) is 11.3 Å². The molecule has 0 aliphatic rings. The third-order valence-electron chi connectivity index (χ3n) is 2.48. The van der Waals surface area contributed by atoms with Gasteiger partial charge in [-0.05, 0) is 25.5 Å². The van der Waals surface area contributed by atoms with Crippen LogP contribution in [0, 0.1) is 13.8 Å². The lowest BCUT2D eigenvalue weighted by atomic mass is 10.3. The second kappa shape index (κ2) is 1.99. The maximum Gasteiger partial charge on any atom is 0.141 e. The molecular formula is C10H9N3. The Morgan fingerprint density at radius 3 is 2.92 bits per heavy atom. The van der Waals surface area contributed by atoms with E-state index in [1.54, 1.807) is 0 Å². The Kier molecular flexibility index (Phi) is 1.05.